The summed E-state index contributed by atoms with van der Waals surface area (Å²) in [5.74, 6) is 0.165. The van der Waals surface area contributed by atoms with Gasteiger partial charge in [-0.25, -0.2) is 0 Å². The second-order valence-corrected chi connectivity index (χ2v) is 10.2. The van der Waals surface area contributed by atoms with Gasteiger partial charge in [0.2, 0.25) is 0 Å². The molecule has 4 rings (SSSR count). The molecule has 5 nitrogen and oxygen atoms in total. The minimum absolute atomic E-state index is 0.0949. The summed E-state index contributed by atoms with van der Waals surface area (Å²) in [6.45, 7) is 9.30. The Bertz CT molecular complexity index is 1020. The first-order chi connectivity index (χ1) is 14.4. The molecule has 1 aromatic heterocycles. The lowest BCUT2D eigenvalue weighted by atomic mass is 9.81. The minimum atomic E-state index is -0.173. The average molecular weight is 443 g/mol. The van der Waals surface area contributed by atoms with Gasteiger partial charge in [0.1, 0.15) is 5.75 Å². The monoisotopic (exact) mass is 442 g/mol. The maximum absolute atomic E-state index is 12.4. The van der Waals surface area contributed by atoms with Crippen LogP contribution in [0, 0.1) is 0 Å². The van der Waals surface area contributed by atoms with E-state index in [1.807, 2.05) is 18.2 Å². The smallest absolute Gasteiger partial charge is 0.286 e. The van der Waals surface area contributed by atoms with Crippen LogP contribution >= 0.6 is 23.1 Å². The van der Waals surface area contributed by atoms with Gasteiger partial charge in [0.25, 0.3) is 5.91 Å². The van der Waals surface area contributed by atoms with E-state index in [1.54, 1.807) is 17.4 Å². The van der Waals surface area contributed by atoms with Crippen LogP contribution in [0.3, 0.4) is 0 Å². The lowest BCUT2D eigenvalue weighted by molar-refractivity contribution is -0.113. The molecular formula is C23H26N2O3S2. The van der Waals surface area contributed by atoms with Gasteiger partial charge >= 0.3 is 0 Å². The molecule has 1 amide bonds. The third-order valence-electron chi connectivity index (χ3n) is 5.69. The van der Waals surface area contributed by atoms with Crippen molar-refractivity contribution in [1.82, 2.24) is 4.90 Å². The number of amides is 1. The first-order valence-electron chi connectivity index (χ1n) is 10.2. The van der Waals surface area contributed by atoms with Crippen molar-refractivity contribution in [3.05, 3.63) is 45.7 Å². The van der Waals surface area contributed by atoms with E-state index in [1.165, 1.54) is 11.8 Å². The Morgan fingerprint density at radius 2 is 2.00 bits per heavy atom. The van der Waals surface area contributed by atoms with E-state index in [0.717, 1.165) is 45.6 Å². The number of carbonyl (C=O) groups excluding carboxylic acids is 1. The second-order valence-electron chi connectivity index (χ2n) is 8.08. The van der Waals surface area contributed by atoms with Gasteiger partial charge in [0, 0.05) is 28.4 Å². The second kappa shape index (κ2) is 8.57. The van der Waals surface area contributed by atoms with Gasteiger partial charge in [-0.2, -0.15) is 4.99 Å². The number of phenolic OH excluding ortho intramolecular Hbond substituents is 1. The number of aromatic hydroxyl groups is 1. The summed E-state index contributed by atoms with van der Waals surface area (Å²) >= 11 is 3.08. The van der Waals surface area contributed by atoms with Gasteiger partial charge in [-0.15, -0.1) is 11.3 Å². The van der Waals surface area contributed by atoms with Gasteiger partial charge in [-0.3, -0.25) is 4.79 Å². The fraction of sp³-hybridized carbons (Fsp3) is 0.391. The van der Waals surface area contributed by atoms with E-state index in [-0.39, 0.29) is 11.3 Å². The van der Waals surface area contributed by atoms with Crippen molar-refractivity contribution < 1.29 is 14.6 Å². The van der Waals surface area contributed by atoms with E-state index in [9.17, 15) is 9.90 Å². The number of aliphatic imine (C=N–C) groups is 1. The van der Waals surface area contributed by atoms with Crippen LogP contribution in [0.1, 0.15) is 37.6 Å². The highest BCUT2D eigenvalue weighted by molar-refractivity contribution is 8.18. The molecule has 2 aliphatic rings. The zero-order valence-corrected chi connectivity index (χ0v) is 19.1. The molecule has 30 heavy (non-hydrogen) atoms. The van der Waals surface area contributed by atoms with Crippen molar-refractivity contribution in [3.8, 4) is 16.2 Å². The van der Waals surface area contributed by atoms with Crippen LogP contribution in [0.5, 0.6) is 5.75 Å². The van der Waals surface area contributed by atoms with Crippen molar-refractivity contribution in [2.75, 3.05) is 26.3 Å². The fourth-order valence-electron chi connectivity index (χ4n) is 3.42. The van der Waals surface area contributed by atoms with Gasteiger partial charge in [-0.05, 0) is 65.6 Å². The summed E-state index contributed by atoms with van der Waals surface area (Å²) in [6, 6.07) is 9.91. The van der Waals surface area contributed by atoms with E-state index < -0.39 is 0 Å². The predicted molar refractivity (Wildman–Crippen MR) is 125 cm³/mol. The number of hydrogen-bond donors (Lipinski definition) is 1. The normalized spacial score (nSPS) is 18.9. The van der Waals surface area contributed by atoms with Crippen LogP contribution < -0.4 is 0 Å². The predicted octanol–water partition coefficient (Wildman–Crippen LogP) is 5.11. The Hall–Kier alpha value is -2.09. The highest BCUT2D eigenvalue weighted by Gasteiger charge is 2.27. The number of carbonyl (C=O) groups is 1. The first-order valence-corrected chi connectivity index (χ1v) is 11.8. The number of thioether (sulfide) groups is 1. The summed E-state index contributed by atoms with van der Waals surface area (Å²) < 4.78 is 5.38. The molecule has 0 radical (unpaired) electrons. The van der Waals surface area contributed by atoms with Crippen LogP contribution in [-0.2, 0) is 14.9 Å². The molecule has 1 aromatic carbocycles. The third-order valence-corrected chi connectivity index (χ3v) is 7.81. The number of thiophene rings is 1. The molecule has 158 valence electrons. The maximum Gasteiger partial charge on any atom is 0.286 e. The maximum atomic E-state index is 12.4. The van der Waals surface area contributed by atoms with Gasteiger partial charge in [0.15, 0.2) is 5.17 Å². The molecule has 0 aliphatic carbocycles. The lowest BCUT2D eigenvalue weighted by Gasteiger charge is -2.27. The van der Waals surface area contributed by atoms with E-state index in [4.69, 9.17) is 4.74 Å². The summed E-state index contributed by atoms with van der Waals surface area (Å²) in [5, 5.41) is 11.1. The molecule has 1 fully saturated rings. The molecule has 0 unspecified atom stereocenters. The molecule has 3 heterocycles. The van der Waals surface area contributed by atoms with Crippen LogP contribution in [0.4, 0.5) is 0 Å². The standard InChI is InChI=1S/C23H26N2O3S2/c1-4-23(2,3)17-13-15(5-7-18(17)26)19-8-6-16(29-19)14-20-21(27)24-22(30-20)25-9-11-28-12-10-25/h5-8,13-14,26H,4,9-12H2,1-3H3. The Morgan fingerprint density at radius 1 is 1.23 bits per heavy atom. The number of hydrogen-bond acceptors (Lipinski definition) is 6. The molecule has 0 atom stereocenters. The molecule has 1 saturated heterocycles. The highest BCUT2D eigenvalue weighted by Crippen LogP contribution is 2.39. The number of morpholine rings is 1. The molecular weight excluding hydrogens is 416 g/mol. The van der Waals surface area contributed by atoms with E-state index >= 15 is 0 Å². The first kappa shape index (κ1) is 21.2. The summed E-state index contributed by atoms with van der Waals surface area (Å²) in [6.07, 6.45) is 2.87. The van der Waals surface area contributed by atoms with Gasteiger partial charge < -0.3 is 14.7 Å². The highest BCUT2D eigenvalue weighted by atomic mass is 32.2. The number of nitrogens with zero attached hydrogens (tertiary/aromatic N) is 2. The molecule has 0 bridgehead atoms. The number of benzene rings is 1. The van der Waals surface area contributed by atoms with Gasteiger partial charge in [0.05, 0.1) is 18.1 Å². The zero-order valence-electron chi connectivity index (χ0n) is 17.5. The average Bonchev–Trinajstić information content (AvgIpc) is 3.36. The van der Waals surface area contributed by atoms with Crippen LogP contribution in [-0.4, -0.2) is 47.4 Å². The molecule has 2 aromatic rings. The van der Waals surface area contributed by atoms with Gasteiger partial charge in [-0.1, -0.05) is 20.8 Å². The summed E-state index contributed by atoms with van der Waals surface area (Å²) in [7, 11) is 0. The zero-order chi connectivity index (χ0) is 21.3. The Kier molecular flexibility index (Phi) is 6.04. The SMILES string of the molecule is CCC(C)(C)c1cc(-c2ccc(C=C3SC(N4CCOCC4)=NC3=O)s2)ccc1O. The molecule has 0 saturated carbocycles. The molecule has 7 heteroatoms. The van der Waals surface area contributed by atoms with E-state index in [0.29, 0.717) is 23.9 Å². The molecule has 1 N–H and O–H groups in total. The largest absolute Gasteiger partial charge is 0.508 e. The number of amidine groups is 1. The summed E-state index contributed by atoms with van der Waals surface area (Å²) in [4.78, 5) is 21.5. The molecule has 0 spiro atoms. The number of ether oxygens (including phenoxy) is 1. The van der Waals surface area contributed by atoms with Crippen molar-refractivity contribution in [3.63, 3.8) is 0 Å². The van der Waals surface area contributed by atoms with Crippen LogP contribution in [0.2, 0.25) is 0 Å². The van der Waals surface area contributed by atoms with Crippen molar-refractivity contribution in [2.24, 2.45) is 4.99 Å². The van der Waals surface area contributed by atoms with Crippen LogP contribution in [0.25, 0.3) is 16.5 Å². The third kappa shape index (κ3) is 4.33. The van der Waals surface area contributed by atoms with Crippen molar-refractivity contribution in [2.45, 2.75) is 32.6 Å². The number of rotatable bonds is 4. The number of phenols is 1. The van der Waals surface area contributed by atoms with Crippen molar-refractivity contribution >= 4 is 40.2 Å². The Balaban J connectivity index is 1.54. The lowest BCUT2D eigenvalue weighted by Crippen LogP contribution is -2.38. The Morgan fingerprint density at radius 3 is 2.73 bits per heavy atom. The molecule has 2 aliphatic heterocycles. The van der Waals surface area contributed by atoms with Crippen molar-refractivity contribution in [1.29, 1.82) is 0 Å². The van der Waals surface area contributed by atoms with E-state index in [2.05, 4.69) is 42.8 Å². The topological polar surface area (TPSA) is 62.1 Å². The quantitative estimate of drug-likeness (QED) is 0.667. The van der Waals surface area contributed by atoms with Crippen LogP contribution in [0.15, 0.2) is 40.2 Å². The Labute approximate surface area is 185 Å². The minimum Gasteiger partial charge on any atom is -0.508 e. The fourth-order valence-corrected chi connectivity index (χ4v) is 5.40. The summed E-state index contributed by atoms with van der Waals surface area (Å²) in [5.41, 5.74) is 1.94.